The molecule has 1 fully saturated rings. The van der Waals surface area contributed by atoms with Gasteiger partial charge in [-0.25, -0.2) is 0 Å². The fourth-order valence-electron chi connectivity index (χ4n) is 1.89. The molecule has 1 aliphatic heterocycles. The number of rotatable bonds is 6. The summed E-state index contributed by atoms with van der Waals surface area (Å²) < 4.78 is 5.64. The summed E-state index contributed by atoms with van der Waals surface area (Å²) in [7, 11) is 2.02. The fourth-order valence-corrected chi connectivity index (χ4v) is 1.89. The SMILES string of the molecule is CCN(CC(C)NC)CC1CCCO1. The Morgan fingerprint density at radius 1 is 1.57 bits per heavy atom. The summed E-state index contributed by atoms with van der Waals surface area (Å²) in [6.07, 6.45) is 2.97. The first-order valence-corrected chi connectivity index (χ1v) is 5.77. The molecule has 1 aliphatic rings. The molecule has 2 atom stereocenters. The molecule has 3 nitrogen and oxygen atoms in total. The Labute approximate surface area is 87.8 Å². The zero-order valence-electron chi connectivity index (χ0n) is 9.75. The maximum Gasteiger partial charge on any atom is 0.0702 e. The molecule has 1 heterocycles. The molecule has 1 rings (SSSR count). The van der Waals surface area contributed by atoms with E-state index in [-0.39, 0.29) is 0 Å². The van der Waals surface area contributed by atoms with E-state index in [2.05, 4.69) is 24.1 Å². The van der Waals surface area contributed by atoms with Crippen molar-refractivity contribution in [2.24, 2.45) is 0 Å². The molecule has 0 aromatic carbocycles. The summed E-state index contributed by atoms with van der Waals surface area (Å²) in [4.78, 5) is 2.47. The van der Waals surface area contributed by atoms with Gasteiger partial charge in [0.05, 0.1) is 6.10 Å². The normalized spacial score (nSPS) is 24.4. The van der Waals surface area contributed by atoms with Crippen molar-refractivity contribution in [3.63, 3.8) is 0 Å². The standard InChI is InChI=1S/C11H24N2O/c1-4-13(8-10(2)12-3)9-11-6-5-7-14-11/h10-12H,4-9H2,1-3H3. The van der Waals surface area contributed by atoms with E-state index in [1.165, 1.54) is 12.8 Å². The van der Waals surface area contributed by atoms with E-state index >= 15 is 0 Å². The maximum atomic E-state index is 5.64. The quantitative estimate of drug-likeness (QED) is 0.695. The summed E-state index contributed by atoms with van der Waals surface area (Å²) in [5, 5.41) is 3.27. The molecule has 84 valence electrons. The smallest absolute Gasteiger partial charge is 0.0702 e. The number of hydrogen-bond acceptors (Lipinski definition) is 3. The number of hydrogen-bond donors (Lipinski definition) is 1. The van der Waals surface area contributed by atoms with Gasteiger partial charge in [0.1, 0.15) is 0 Å². The van der Waals surface area contributed by atoms with Gasteiger partial charge >= 0.3 is 0 Å². The Kier molecular flexibility index (Phi) is 5.45. The van der Waals surface area contributed by atoms with Gasteiger partial charge in [-0.3, -0.25) is 4.90 Å². The minimum absolute atomic E-state index is 0.485. The first-order chi connectivity index (χ1) is 6.76. The molecule has 0 aliphatic carbocycles. The minimum Gasteiger partial charge on any atom is -0.377 e. The third-order valence-corrected chi connectivity index (χ3v) is 2.96. The molecule has 1 N–H and O–H groups in total. The summed E-state index contributed by atoms with van der Waals surface area (Å²) >= 11 is 0. The summed E-state index contributed by atoms with van der Waals surface area (Å²) in [5.41, 5.74) is 0. The summed E-state index contributed by atoms with van der Waals surface area (Å²) in [6, 6.07) is 0.566. The second-order valence-corrected chi connectivity index (χ2v) is 4.18. The Morgan fingerprint density at radius 3 is 2.86 bits per heavy atom. The lowest BCUT2D eigenvalue weighted by atomic mass is 10.2. The van der Waals surface area contributed by atoms with E-state index < -0.39 is 0 Å². The minimum atomic E-state index is 0.485. The molecule has 0 spiro atoms. The number of nitrogens with zero attached hydrogens (tertiary/aromatic N) is 1. The highest BCUT2D eigenvalue weighted by molar-refractivity contribution is 4.72. The van der Waals surface area contributed by atoms with Gasteiger partial charge in [0, 0.05) is 25.7 Å². The lowest BCUT2D eigenvalue weighted by Gasteiger charge is -2.26. The zero-order chi connectivity index (χ0) is 10.4. The van der Waals surface area contributed by atoms with Crippen LogP contribution in [-0.2, 0) is 4.74 Å². The van der Waals surface area contributed by atoms with Crippen LogP contribution in [0.15, 0.2) is 0 Å². The lowest BCUT2D eigenvalue weighted by Crippen LogP contribution is -2.41. The molecular formula is C11H24N2O. The van der Waals surface area contributed by atoms with Crippen LogP contribution in [0.3, 0.4) is 0 Å². The molecular weight excluding hydrogens is 176 g/mol. The van der Waals surface area contributed by atoms with Crippen LogP contribution in [0.4, 0.5) is 0 Å². The second kappa shape index (κ2) is 6.38. The highest BCUT2D eigenvalue weighted by Gasteiger charge is 2.18. The van der Waals surface area contributed by atoms with Crippen molar-refractivity contribution in [1.82, 2.24) is 10.2 Å². The molecule has 2 unspecified atom stereocenters. The summed E-state index contributed by atoms with van der Waals surface area (Å²) in [6.45, 7) is 8.74. The van der Waals surface area contributed by atoms with Gasteiger partial charge in [-0.05, 0) is 33.4 Å². The number of nitrogens with one attached hydrogen (secondary N) is 1. The van der Waals surface area contributed by atoms with Crippen LogP contribution < -0.4 is 5.32 Å². The Hall–Kier alpha value is -0.120. The topological polar surface area (TPSA) is 24.5 Å². The molecule has 0 amide bonds. The second-order valence-electron chi connectivity index (χ2n) is 4.18. The van der Waals surface area contributed by atoms with E-state index in [0.717, 1.165) is 26.2 Å². The van der Waals surface area contributed by atoms with Crippen molar-refractivity contribution in [2.75, 3.05) is 33.3 Å². The van der Waals surface area contributed by atoms with E-state index in [0.29, 0.717) is 12.1 Å². The van der Waals surface area contributed by atoms with E-state index in [1.54, 1.807) is 0 Å². The highest BCUT2D eigenvalue weighted by Crippen LogP contribution is 2.13. The van der Waals surface area contributed by atoms with E-state index in [9.17, 15) is 0 Å². The van der Waals surface area contributed by atoms with Gasteiger partial charge < -0.3 is 10.1 Å². The molecule has 0 bridgehead atoms. The third-order valence-electron chi connectivity index (χ3n) is 2.96. The average Bonchev–Trinajstić information content (AvgIpc) is 2.69. The van der Waals surface area contributed by atoms with E-state index in [1.807, 2.05) is 7.05 Å². The van der Waals surface area contributed by atoms with Crippen molar-refractivity contribution in [3.05, 3.63) is 0 Å². The first-order valence-electron chi connectivity index (χ1n) is 5.77. The molecule has 1 saturated heterocycles. The van der Waals surface area contributed by atoms with Gasteiger partial charge in [0.25, 0.3) is 0 Å². The van der Waals surface area contributed by atoms with Gasteiger partial charge in [0.15, 0.2) is 0 Å². The van der Waals surface area contributed by atoms with Crippen LogP contribution in [0.5, 0.6) is 0 Å². The van der Waals surface area contributed by atoms with Crippen molar-refractivity contribution in [1.29, 1.82) is 0 Å². The molecule has 3 heteroatoms. The third kappa shape index (κ3) is 3.95. The van der Waals surface area contributed by atoms with Crippen molar-refractivity contribution in [3.8, 4) is 0 Å². The predicted molar refractivity (Wildman–Crippen MR) is 59.6 cm³/mol. The van der Waals surface area contributed by atoms with Gasteiger partial charge in [-0.2, -0.15) is 0 Å². The van der Waals surface area contributed by atoms with Crippen LogP contribution >= 0.6 is 0 Å². The lowest BCUT2D eigenvalue weighted by molar-refractivity contribution is 0.0725. The van der Waals surface area contributed by atoms with Crippen molar-refractivity contribution >= 4 is 0 Å². The first kappa shape index (κ1) is 12.0. The molecule has 0 aromatic heterocycles. The average molecular weight is 200 g/mol. The van der Waals surface area contributed by atoms with E-state index in [4.69, 9.17) is 4.74 Å². The van der Waals surface area contributed by atoms with Crippen LogP contribution in [-0.4, -0.2) is 50.3 Å². The van der Waals surface area contributed by atoms with Crippen molar-refractivity contribution < 1.29 is 4.74 Å². The van der Waals surface area contributed by atoms with Gasteiger partial charge in [-0.1, -0.05) is 6.92 Å². The number of ether oxygens (including phenoxy) is 1. The van der Waals surface area contributed by atoms with Gasteiger partial charge in [0.2, 0.25) is 0 Å². The summed E-state index contributed by atoms with van der Waals surface area (Å²) in [5.74, 6) is 0. The Balaban J connectivity index is 2.22. The fraction of sp³-hybridized carbons (Fsp3) is 1.00. The Bertz CT molecular complexity index is 146. The predicted octanol–water partition coefficient (Wildman–Crippen LogP) is 1.10. The van der Waals surface area contributed by atoms with Crippen LogP contribution in [0.2, 0.25) is 0 Å². The van der Waals surface area contributed by atoms with Crippen LogP contribution in [0, 0.1) is 0 Å². The molecule has 0 aromatic rings. The largest absolute Gasteiger partial charge is 0.377 e. The Morgan fingerprint density at radius 2 is 2.36 bits per heavy atom. The molecule has 14 heavy (non-hydrogen) atoms. The zero-order valence-corrected chi connectivity index (χ0v) is 9.75. The maximum absolute atomic E-state index is 5.64. The van der Waals surface area contributed by atoms with Crippen molar-refractivity contribution in [2.45, 2.75) is 38.8 Å². The highest BCUT2D eigenvalue weighted by atomic mass is 16.5. The molecule has 0 saturated carbocycles. The monoisotopic (exact) mass is 200 g/mol. The van der Waals surface area contributed by atoms with Crippen LogP contribution in [0.1, 0.15) is 26.7 Å². The molecule has 0 radical (unpaired) electrons. The van der Waals surface area contributed by atoms with Gasteiger partial charge in [-0.15, -0.1) is 0 Å². The van der Waals surface area contributed by atoms with Crippen LogP contribution in [0.25, 0.3) is 0 Å². The number of likely N-dealkylation sites (N-methyl/N-ethyl adjacent to an activating group) is 2.